The summed E-state index contributed by atoms with van der Waals surface area (Å²) in [4.78, 5) is 42.1. The van der Waals surface area contributed by atoms with Gasteiger partial charge in [0.2, 0.25) is 11.9 Å². The van der Waals surface area contributed by atoms with Crippen molar-refractivity contribution in [3.05, 3.63) is 83.0 Å². The van der Waals surface area contributed by atoms with Crippen LogP contribution in [0, 0.1) is 0 Å². The van der Waals surface area contributed by atoms with Gasteiger partial charge in [-0.25, -0.2) is 28.3 Å². The lowest BCUT2D eigenvalue weighted by molar-refractivity contribution is -0.132. The monoisotopic (exact) mass is 625 g/mol. The molecule has 0 aliphatic carbocycles. The van der Waals surface area contributed by atoms with Gasteiger partial charge in [0.05, 0.1) is 18.4 Å². The van der Waals surface area contributed by atoms with E-state index in [1.54, 1.807) is 44.6 Å². The number of carbonyl (C=O) groups excluding carboxylic acids is 2. The van der Waals surface area contributed by atoms with Crippen LogP contribution in [0.1, 0.15) is 12.5 Å². The first-order valence-corrected chi connectivity index (χ1v) is 15.2. The molecule has 1 fully saturated rings. The van der Waals surface area contributed by atoms with Gasteiger partial charge in [-0.2, -0.15) is 4.31 Å². The lowest BCUT2D eigenvalue weighted by Crippen LogP contribution is -2.51. The number of hydrogen-bond donors (Lipinski definition) is 0. The highest BCUT2D eigenvalue weighted by Crippen LogP contribution is 2.45. The highest BCUT2D eigenvalue weighted by atomic mass is 35.5. The van der Waals surface area contributed by atoms with Crippen LogP contribution in [0.5, 0.6) is 0 Å². The normalized spacial score (nSPS) is 19.4. The smallest absolute Gasteiger partial charge is 0.260 e. The van der Waals surface area contributed by atoms with E-state index >= 15 is 0 Å². The first kappa shape index (κ1) is 28.3. The summed E-state index contributed by atoms with van der Waals surface area (Å²) < 4.78 is 30.5. The third-order valence-corrected chi connectivity index (χ3v) is 9.84. The second-order valence-corrected chi connectivity index (χ2v) is 13.2. The van der Waals surface area contributed by atoms with Gasteiger partial charge >= 0.3 is 0 Å². The standard InChI is InChI=1S/C28H25Cl2N7O4S/c1-28(12-18-3-5-19(6-4-18)20-13-31-17-32-14-20)26(39)36(23-10-21(29)9-22(30)11-23)27-33-15-25(37(27)28)42(40,41)35-8-7-34(2)24(38)16-35/h3-6,9-11,13-15,17H,7-8,12,16H2,1-2H3/t28-/m1/s1. The van der Waals surface area contributed by atoms with Crippen molar-refractivity contribution in [1.29, 1.82) is 0 Å². The predicted octanol–water partition coefficient (Wildman–Crippen LogP) is 3.75. The Balaban J connectivity index is 1.45. The molecule has 216 valence electrons. The van der Waals surface area contributed by atoms with E-state index in [0.717, 1.165) is 21.0 Å². The molecule has 2 aliphatic rings. The molecule has 0 bridgehead atoms. The second kappa shape index (κ2) is 10.5. The third-order valence-electron chi connectivity index (χ3n) is 7.60. The Labute approximate surface area is 252 Å². The number of rotatable bonds is 6. The minimum absolute atomic E-state index is 0.109. The number of carbonyl (C=O) groups is 2. The maximum atomic E-state index is 14.3. The first-order valence-electron chi connectivity index (χ1n) is 13.0. The summed E-state index contributed by atoms with van der Waals surface area (Å²) >= 11 is 12.6. The van der Waals surface area contributed by atoms with Crippen molar-refractivity contribution >= 4 is 56.7 Å². The zero-order chi connectivity index (χ0) is 29.8. The largest absolute Gasteiger partial charge is 0.343 e. The molecule has 0 spiro atoms. The van der Waals surface area contributed by atoms with Gasteiger partial charge in [-0.3, -0.25) is 14.2 Å². The van der Waals surface area contributed by atoms with E-state index < -0.39 is 21.5 Å². The van der Waals surface area contributed by atoms with E-state index in [-0.39, 0.29) is 42.9 Å². The zero-order valence-electron chi connectivity index (χ0n) is 22.6. The predicted molar refractivity (Wildman–Crippen MR) is 157 cm³/mol. The fourth-order valence-corrected chi connectivity index (χ4v) is 7.43. The van der Waals surface area contributed by atoms with Crippen LogP contribution in [0.25, 0.3) is 11.1 Å². The average Bonchev–Trinajstić information content (AvgIpc) is 3.49. The van der Waals surface area contributed by atoms with Gasteiger partial charge in [0.1, 0.15) is 11.9 Å². The number of hydrogen-bond acceptors (Lipinski definition) is 7. The molecule has 6 rings (SSSR count). The minimum atomic E-state index is -4.21. The van der Waals surface area contributed by atoms with Crippen molar-refractivity contribution in [2.45, 2.75) is 23.9 Å². The minimum Gasteiger partial charge on any atom is -0.343 e. The molecular weight excluding hydrogens is 601 g/mol. The first-order chi connectivity index (χ1) is 20.0. The van der Waals surface area contributed by atoms with Crippen LogP contribution in [0.2, 0.25) is 10.0 Å². The Hall–Kier alpha value is -3.84. The highest BCUT2D eigenvalue weighted by Gasteiger charge is 2.52. The van der Waals surface area contributed by atoms with E-state index in [1.165, 1.54) is 26.9 Å². The molecule has 0 N–H and O–H groups in total. The van der Waals surface area contributed by atoms with Crippen LogP contribution in [0.15, 0.2) is 72.4 Å². The summed E-state index contributed by atoms with van der Waals surface area (Å²) in [7, 11) is -2.58. The Kier molecular flexibility index (Phi) is 7.04. The molecule has 0 unspecified atom stereocenters. The van der Waals surface area contributed by atoms with E-state index in [9.17, 15) is 18.0 Å². The van der Waals surface area contributed by atoms with Gasteiger partial charge in [-0.05, 0) is 36.2 Å². The van der Waals surface area contributed by atoms with Gasteiger partial charge in [-0.15, -0.1) is 0 Å². The van der Waals surface area contributed by atoms with E-state index in [0.29, 0.717) is 15.7 Å². The molecule has 1 saturated heterocycles. The van der Waals surface area contributed by atoms with E-state index in [4.69, 9.17) is 23.2 Å². The zero-order valence-corrected chi connectivity index (χ0v) is 24.9. The third kappa shape index (κ3) is 4.74. The lowest BCUT2D eigenvalue weighted by atomic mass is 9.91. The van der Waals surface area contributed by atoms with Crippen molar-refractivity contribution in [3.8, 4) is 11.1 Å². The van der Waals surface area contributed by atoms with E-state index in [2.05, 4.69) is 15.0 Å². The Morgan fingerprint density at radius 2 is 1.60 bits per heavy atom. The SMILES string of the molecule is CN1CCN(S(=O)(=O)c2cnc3n2[C@](C)(Cc2ccc(-c4cncnc4)cc2)C(=O)N3c2cc(Cl)cc(Cl)c2)CC1=O. The number of benzene rings is 2. The molecule has 14 heteroatoms. The number of nitrogens with zero attached hydrogens (tertiary/aromatic N) is 7. The number of halogens is 2. The van der Waals surface area contributed by atoms with Crippen LogP contribution in [0.3, 0.4) is 0 Å². The molecule has 42 heavy (non-hydrogen) atoms. The van der Waals surface area contributed by atoms with Gasteiger partial charge < -0.3 is 4.90 Å². The quantitative estimate of drug-likeness (QED) is 0.320. The van der Waals surface area contributed by atoms with Crippen molar-refractivity contribution in [2.75, 3.05) is 31.6 Å². The summed E-state index contributed by atoms with van der Waals surface area (Å²) in [6.07, 6.45) is 6.24. The summed E-state index contributed by atoms with van der Waals surface area (Å²) in [5.41, 5.74) is 1.46. The van der Waals surface area contributed by atoms with Crippen molar-refractivity contribution < 1.29 is 18.0 Å². The summed E-state index contributed by atoms with van der Waals surface area (Å²) in [5.74, 6) is -0.614. The van der Waals surface area contributed by atoms with E-state index in [1.807, 2.05) is 24.3 Å². The van der Waals surface area contributed by atoms with Gasteiger partial charge in [-0.1, -0.05) is 47.5 Å². The average molecular weight is 627 g/mol. The Morgan fingerprint density at radius 1 is 0.929 bits per heavy atom. The number of imidazole rings is 1. The molecule has 4 aromatic rings. The molecule has 2 aromatic heterocycles. The number of anilines is 2. The fourth-order valence-electron chi connectivity index (χ4n) is 5.35. The number of likely N-dealkylation sites (N-methyl/N-ethyl adjacent to an activating group) is 1. The molecule has 4 heterocycles. The summed E-state index contributed by atoms with van der Waals surface area (Å²) in [6, 6.07) is 12.2. The molecule has 2 aliphatic heterocycles. The van der Waals surface area contributed by atoms with Crippen molar-refractivity contribution in [2.24, 2.45) is 0 Å². The van der Waals surface area contributed by atoms with Crippen molar-refractivity contribution in [3.63, 3.8) is 0 Å². The second-order valence-electron chi connectivity index (χ2n) is 10.4. The molecule has 1 atom stereocenters. The van der Waals surface area contributed by atoms with Crippen molar-refractivity contribution in [1.82, 2.24) is 28.7 Å². The van der Waals surface area contributed by atoms with Crippen LogP contribution < -0.4 is 4.90 Å². The number of amides is 2. The van der Waals surface area contributed by atoms with Gasteiger partial charge in [0.15, 0.2) is 5.03 Å². The van der Waals surface area contributed by atoms with Gasteiger partial charge in [0.25, 0.3) is 15.9 Å². The molecular formula is C28H25Cl2N7O4S. The topological polar surface area (TPSA) is 122 Å². The maximum Gasteiger partial charge on any atom is 0.260 e. The Morgan fingerprint density at radius 3 is 2.24 bits per heavy atom. The highest BCUT2D eigenvalue weighted by molar-refractivity contribution is 7.89. The Bertz CT molecular complexity index is 1800. The molecule has 11 nitrogen and oxygen atoms in total. The number of sulfonamides is 1. The van der Waals surface area contributed by atoms with Crippen LogP contribution in [0.4, 0.5) is 11.6 Å². The summed E-state index contributed by atoms with van der Waals surface area (Å²) in [6.45, 7) is 1.75. The van der Waals surface area contributed by atoms with Crippen LogP contribution in [-0.4, -0.2) is 75.6 Å². The molecule has 0 saturated carbocycles. The summed E-state index contributed by atoms with van der Waals surface area (Å²) in [5, 5.41) is 0.432. The molecule has 2 amide bonds. The number of aromatic nitrogens is 4. The lowest BCUT2D eigenvalue weighted by Gasteiger charge is -2.32. The molecule has 0 radical (unpaired) electrons. The fraction of sp³-hybridized carbons (Fsp3) is 0.250. The maximum absolute atomic E-state index is 14.3. The van der Waals surface area contributed by atoms with Crippen LogP contribution in [-0.2, 0) is 31.6 Å². The van der Waals surface area contributed by atoms with Gasteiger partial charge in [0, 0.05) is 54.6 Å². The molecule has 2 aromatic carbocycles. The van der Waals surface area contributed by atoms with Crippen LogP contribution >= 0.6 is 23.2 Å². The number of piperazine rings is 1. The number of fused-ring (bicyclic) bond motifs is 1.